The second-order valence-electron chi connectivity index (χ2n) is 6.53. The summed E-state index contributed by atoms with van der Waals surface area (Å²) in [5.41, 5.74) is 0.698. The first-order chi connectivity index (χ1) is 13.1. The van der Waals surface area contributed by atoms with Crippen molar-refractivity contribution < 1.29 is 18.1 Å². The van der Waals surface area contributed by atoms with Gasteiger partial charge in [0.25, 0.3) is 11.8 Å². The minimum Gasteiger partial charge on any atom is -0.338 e. The SMILES string of the molecule is O=C(c1ccccc1F)N1CCCC(c2noc(-c3ccc(F)cc3)n2)C1. The number of nitrogens with zero attached hydrogens (tertiary/aromatic N) is 3. The first-order valence-corrected chi connectivity index (χ1v) is 8.75. The highest BCUT2D eigenvalue weighted by molar-refractivity contribution is 5.94. The van der Waals surface area contributed by atoms with E-state index in [-0.39, 0.29) is 23.2 Å². The van der Waals surface area contributed by atoms with Crippen LogP contribution in [0.4, 0.5) is 8.78 Å². The fraction of sp³-hybridized carbons (Fsp3) is 0.250. The minimum atomic E-state index is -0.525. The molecule has 0 radical (unpaired) electrons. The summed E-state index contributed by atoms with van der Waals surface area (Å²) in [5, 5.41) is 4.03. The van der Waals surface area contributed by atoms with Crippen LogP contribution in [0.5, 0.6) is 0 Å². The maximum absolute atomic E-state index is 13.9. The lowest BCUT2D eigenvalue weighted by Gasteiger charge is -2.31. The van der Waals surface area contributed by atoms with Crippen LogP contribution < -0.4 is 0 Å². The van der Waals surface area contributed by atoms with Gasteiger partial charge in [-0.25, -0.2) is 8.78 Å². The number of hydrogen-bond acceptors (Lipinski definition) is 4. The van der Waals surface area contributed by atoms with E-state index in [4.69, 9.17) is 4.52 Å². The maximum atomic E-state index is 13.9. The van der Waals surface area contributed by atoms with Crippen molar-refractivity contribution in [3.05, 3.63) is 71.6 Å². The second kappa shape index (κ2) is 7.26. The monoisotopic (exact) mass is 369 g/mol. The molecule has 1 aromatic heterocycles. The van der Waals surface area contributed by atoms with Gasteiger partial charge in [0.1, 0.15) is 11.6 Å². The van der Waals surface area contributed by atoms with Crippen molar-refractivity contribution >= 4 is 5.91 Å². The summed E-state index contributed by atoms with van der Waals surface area (Å²) in [6.45, 7) is 0.960. The third kappa shape index (κ3) is 3.58. The zero-order valence-electron chi connectivity index (χ0n) is 14.4. The summed E-state index contributed by atoms with van der Waals surface area (Å²) in [5.74, 6) is -0.480. The van der Waals surface area contributed by atoms with Crippen LogP contribution in [0, 0.1) is 11.6 Å². The average Bonchev–Trinajstić information content (AvgIpc) is 3.19. The maximum Gasteiger partial charge on any atom is 0.257 e. The molecule has 1 fully saturated rings. The molecule has 1 aliphatic rings. The number of likely N-dealkylation sites (tertiary alicyclic amines) is 1. The molecule has 1 aliphatic heterocycles. The van der Waals surface area contributed by atoms with E-state index in [9.17, 15) is 13.6 Å². The molecule has 7 heteroatoms. The fourth-order valence-corrected chi connectivity index (χ4v) is 3.29. The molecular weight excluding hydrogens is 352 g/mol. The molecule has 1 unspecified atom stereocenters. The van der Waals surface area contributed by atoms with Gasteiger partial charge >= 0.3 is 0 Å². The first-order valence-electron chi connectivity index (χ1n) is 8.75. The Hall–Kier alpha value is -3.09. The molecular formula is C20H17F2N3O2. The van der Waals surface area contributed by atoms with Gasteiger partial charge in [0.2, 0.25) is 0 Å². The summed E-state index contributed by atoms with van der Waals surface area (Å²) < 4.78 is 32.3. The van der Waals surface area contributed by atoms with E-state index in [0.29, 0.717) is 30.4 Å². The third-order valence-corrected chi connectivity index (χ3v) is 4.71. The summed E-state index contributed by atoms with van der Waals surface area (Å²) in [4.78, 5) is 18.7. The summed E-state index contributed by atoms with van der Waals surface area (Å²) in [6.07, 6.45) is 1.58. The summed E-state index contributed by atoms with van der Waals surface area (Å²) >= 11 is 0. The van der Waals surface area contributed by atoms with Crippen LogP contribution in [0.25, 0.3) is 11.5 Å². The molecule has 0 bridgehead atoms. The molecule has 1 amide bonds. The molecule has 5 nitrogen and oxygen atoms in total. The van der Waals surface area contributed by atoms with Crippen molar-refractivity contribution in [1.29, 1.82) is 0 Å². The number of aromatic nitrogens is 2. The van der Waals surface area contributed by atoms with E-state index in [1.54, 1.807) is 29.2 Å². The first kappa shape index (κ1) is 17.3. The number of halogens is 2. The van der Waals surface area contributed by atoms with E-state index >= 15 is 0 Å². The van der Waals surface area contributed by atoms with Crippen molar-refractivity contribution in [1.82, 2.24) is 15.0 Å². The van der Waals surface area contributed by atoms with Crippen LogP contribution >= 0.6 is 0 Å². The van der Waals surface area contributed by atoms with Gasteiger partial charge in [-0.3, -0.25) is 4.79 Å². The normalized spacial score (nSPS) is 17.1. The van der Waals surface area contributed by atoms with Crippen LogP contribution in [0.1, 0.15) is 34.9 Å². The lowest BCUT2D eigenvalue weighted by atomic mass is 9.96. The molecule has 1 saturated heterocycles. The molecule has 3 aromatic rings. The Balaban J connectivity index is 1.51. The molecule has 2 heterocycles. The number of benzene rings is 2. The fourth-order valence-electron chi connectivity index (χ4n) is 3.29. The predicted octanol–water partition coefficient (Wildman–Crippen LogP) is 4.03. The van der Waals surface area contributed by atoms with Crippen LogP contribution in [0.15, 0.2) is 53.1 Å². The van der Waals surface area contributed by atoms with Crippen LogP contribution in [0.2, 0.25) is 0 Å². The van der Waals surface area contributed by atoms with Crippen molar-refractivity contribution in [2.45, 2.75) is 18.8 Å². The van der Waals surface area contributed by atoms with Crippen molar-refractivity contribution in [2.24, 2.45) is 0 Å². The van der Waals surface area contributed by atoms with Gasteiger partial charge in [-0.05, 0) is 49.2 Å². The number of carbonyl (C=O) groups excluding carboxylic acids is 1. The molecule has 1 atom stereocenters. The van der Waals surface area contributed by atoms with Crippen molar-refractivity contribution in [3.8, 4) is 11.5 Å². The standard InChI is InChI=1S/C20H17F2N3O2/c21-15-9-7-13(8-10-15)19-23-18(24-27-19)14-4-3-11-25(12-14)20(26)16-5-1-2-6-17(16)22/h1-2,5-10,14H,3-4,11-12H2. The van der Waals surface area contributed by atoms with Gasteiger partial charge in [-0.15, -0.1) is 0 Å². The van der Waals surface area contributed by atoms with Gasteiger partial charge in [0, 0.05) is 24.6 Å². The molecule has 138 valence electrons. The molecule has 27 heavy (non-hydrogen) atoms. The molecule has 0 aliphatic carbocycles. The second-order valence-corrected chi connectivity index (χ2v) is 6.53. The van der Waals surface area contributed by atoms with E-state index < -0.39 is 5.82 Å². The van der Waals surface area contributed by atoms with Crippen LogP contribution in [-0.4, -0.2) is 34.0 Å². The van der Waals surface area contributed by atoms with Gasteiger partial charge in [0.05, 0.1) is 5.56 Å². The lowest BCUT2D eigenvalue weighted by molar-refractivity contribution is 0.0699. The number of hydrogen-bond donors (Lipinski definition) is 0. The topological polar surface area (TPSA) is 59.2 Å². The quantitative estimate of drug-likeness (QED) is 0.699. The highest BCUT2D eigenvalue weighted by atomic mass is 19.1. The Kier molecular flexibility index (Phi) is 4.66. The van der Waals surface area contributed by atoms with E-state index in [0.717, 1.165) is 12.8 Å². The Morgan fingerprint density at radius 2 is 1.89 bits per heavy atom. The average molecular weight is 369 g/mol. The zero-order chi connectivity index (χ0) is 18.8. The Morgan fingerprint density at radius 1 is 1.11 bits per heavy atom. The molecule has 4 rings (SSSR count). The number of piperidine rings is 1. The zero-order valence-corrected chi connectivity index (χ0v) is 14.4. The van der Waals surface area contributed by atoms with Crippen molar-refractivity contribution in [3.63, 3.8) is 0 Å². The van der Waals surface area contributed by atoms with Crippen LogP contribution in [0.3, 0.4) is 0 Å². The number of amides is 1. The molecule has 0 N–H and O–H groups in total. The van der Waals surface area contributed by atoms with E-state index in [1.807, 2.05) is 0 Å². The Bertz CT molecular complexity index is 956. The van der Waals surface area contributed by atoms with Gasteiger partial charge < -0.3 is 9.42 Å². The lowest BCUT2D eigenvalue weighted by Crippen LogP contribution is -2.39. The number of rotatable bonds is 3. The molecule has 0 saturated carbocycles. The Labute approximate surface area is 154 Å². The summed E-state index contributed by atoms with van der Waals surface area (Å²) in [7, 11) is 0. The van der Waals surface area contributed by atoms with Crippen LogP contribution in [-0.2, 0) is 0 Å². The predicted molar refractivity (Wildman–Crippen MR) is 94.0 cm³/mol. The van der Waals surface area contributed by atoms with Crippen molar-refractivity contribution in [2.75, 3.05) is 13.1 Å². The van der Waals surface area contributed by atoms with E-state index in [2.05, 4.69) is 10.1 Å². The minimum absolute atomic E-state index is 0.0678. The highest BCUT2D eigenvalue weighted by Gasteiger charge is 2.29. The van der Waals surface area contributed by atoms with Gasteiger partial charge in [0.15, 0.2) is 5.82 Å². The largest absolute Gasteiger partial charge is 0.338 e. The molecule has 2 aromatic carbocycles. The van der Waals surface area contributed by atoms with Gasteiger partial charge in [-0.1, -0.05) is 17.3 Å². The van der Waals surface area contributed by atoms with E-state index in [1.165, 1.54) is 24.3 Å². The molecule has 0 spiro atoms. The summed E-state index contributed by atoms with van der Waals surface area (Å²) in [6, 6.07) is 11.8. The highest BCUT2D eigenvalue weighted by Crippen LogP contribution is 2.28. The number of carbonyl (C=O) groups is 1. The third-order valence-electron chi connectivity index (χ3n) is 4.71. The van der Waals surface area contributed by atoms with Gasteiger partial charge in [-0.2, -0.15) is 4.98 Å². The smallest absolute Gasteiger partial charge is 0.257 e. The Morgan fingerprint density at radius 3 is 2.67 bits per heavy atom.